The number of hydrogen-bond donors (Lipinski definition) is 1. The first-order valence-electron chi connectivity index (χ1n) is 9.91. The molecule has 0 aliphatic carbocycles. The summed E-state index contributed by atoms with van der Waals surface area (Å²) < 4.78 is 15.7. The molecule has 166 valence electrons. The first kappa shape index (κ1) is 22.8. The van der Waals surface area contributed by atoms with Crippen molar-refractivity contribution in [1.29, 1.82) is 0 Å². The monoisotopic (exact) mass is 446 g/mol. The molecule has 1 aliphatic heterocycles. The van der Waals surface area contributed by atoms with E-state index in [1.807, 2.05) is 35.2 Å². The van der Waals surface area contributed by atoms with E-state index in [0.717, 1.165) is 10.6 Å². The Kier molecular flexibility index (Phi) is 7.64. The Morgan fingerprint density at radius 2 is 1.94 bits per heavy atom. The lowest BCUT2D eigenvalue weighted by molar-refractivity contribution is 0.0547. The Morgan fingerprint density at radius 3 is 2.58 bits per heavy atom. The summed E-state index contributed by atoms with van der Waals surface area (Å²) >= 11 is 1.22. The highest BCUT2D eigenvalue weighted by atomic mass is 32.1. The lowest BCUT2D eigenvalue weighted by Crippen LogP contribution is -2.54. The summed E-state index contributed by atoms with van der Waals surface area (Å²) in [5.74, 6) is -0.716. The molecule has 1 fully saturated rings. The van der Waals surface area contributed by atoms with Crippen LogP contribution in [0, 0.1) is 0 Å². The summed E-state index contributed by atoms with van der Waals surface area (Å²) in [6.45, 7) is 2.75. The number of piperidine rings is 1. The minimum atomic E-state index is -0.526. The van der Waals surface area contributed by atoms with E-state index < -0.39 is 12.1 Å². The predicted molar refractivity (Wildman–Crippen MR) is 117 cm³/mol. The molecule has 1 saturated heterocycles. The topological polar surface area (TPSA) is 94.2 Å². The number of anilines is 1. The van der Waals surface area contributed by atoms with E-state index in [9.17, 15) is 14.4 Å². The fraction of sp³-hybridized carbons (Fsp3) is 0.409. The van der Waals surface area contributed by atoms with E-state index in [1.165, 1.54) is 25.4 Å². The Morgan fingerprint density at radius 1 is 1.19 bits per heavy atom. The van der Waals surface area contributed by atoms with Gasteiger partial charge in [0.15, 0.2) is 5.78 Å². The Bertz CT molecular complexity index is 929. The highest BCUT2D eigenvalue weighted by Gasteiger charge is 2.32. The molecule has 0 radical (unpaired) electrons. The van der Waals surface area contributed by atoms with Crippen molar-refractivity contribution in [2.45, 2.75) is 32.1 Å². The number of carbonyl (C=O) groups excluding carboxylic acids is 3. The van der Waals surface area contributed by atoms with Gasteiger partial charge in [-0.2, -0.15) is 0 Å². The number of nitrogens with one attached hydrogen (secondary N) is 1. The van der Waals surface area contributed by atoms with Crippen LogP contribution in [0.4, 0.5) is 9.80 Å². The van der Waals surface area contributed by atoms with Crippen LogP contribution >= 0.6 is 11.3 Å². The molecule has 1 N–H and O–H groups in total. The van der Waals surface area contributed by atoms with Crippen LogP contribution in [-0.2, 0) is 20.8 Å². The van der Waals surface area contributed by atoms with Crippen molar-refractivity contribution < 1.29 is 28.6 Å². The number of methoxy groups -OCH3 is 2. The Labute approximate surface area is 185 Å². The quantitative estimate of drug-likeness (QED) is 0.515. The van der Waals surface area contributed by atoms with Gasteiger partial charge < -0.3 is 24.4 Å². The van der Waals surface area contributed by atoms with Crippen LogP contribution < -0.4 is 10.2 Å². The molecule has 2 atom stereocenters. The third-order valence-electron chi connectivity index (χ3n) is 5.16. The van der Waals surface area contributed by atoms with Crippen molar-refractivity contribution >= 4 is 34.2 Å². The van der Waals surface area contributed by atoms with Crippen LogP contribution in [0.2, 0.25) is 0 Å². The average molecular weight is 447 g/mol. The minimum Gasteiger partial charge on any atom is -0.465 e. The van der Waals surface area contributed by atoms with Crippen LogP contribution in [0.1, 0.15) is 38.9 Å². The zero-order chi connectivity index (χ0) is 22.4. The summed E-state index contributed by atoms with van der Waals surface area (Å²) in [4.78, 5) is 38.5. The molecule has 1 aliphatic rings. The number of esters is 1. The van der Waals surface area contributed by atoms with Crippen molar-refractivity contribution in [3.8, 4) is 0 Å². The number of benzene rings is 1. The highest BCUT2D eigenvalue weighted by molar-refractivity contribution is 7.18. The number of thiophene rings is 1. The van der Waals surface area contributed by atoms with Crippen LogP contribution in [0.25, 0.3) is 0 Å². The van der Waals surface area contributed by atoms with Crippen LogP contribution in [-0.4, -0.2) is 57.3 Å². The molecule has 2 aromatic rings. The van der Waals surface area contributed by atoms with Crippen molar-refractivity contribution in [1.82, 2.24) is 5.32 Å². The summed E-state index contributed by atoms with van der Waals surface area (Å²) in [6, 6.07) is 11.0. The van der Waals surface area contributed by atoms with E-state index in [0.29, 0.717) is 30.0 Å². The number of carbonyl (C=O) groups is 3. The first-order chi connectivity index (χ1) is 14.9. The molecule has 2 heterocycles. The van der Waals surface area contributed by atoms with Crippen LogP contribution in [0.5, 0.6) is 0 Å². The van der Waals surface area contributed by atoms with Gasteiger partial charge in [-0.25, -0.2) is 9.59 Å². The number of hydrogen-bond acceptors (Lipinski definition) is 8. The van der Waals surface area contributed by atoms with Gasteiger partial charge in [0.05, 0.1) is 24.3 Å². The number of ketones is 1. The average Bonchev–Trinajstić information content (AvgIpc) is 3.24. The van der Waals surface area contributed by atoms with Crippen molar-refractivity contribution in [2.24, 2.45) is 0 Å². The van der Waals surface area contributed by atoms with Crippen molar-refractivity contribution in [3.05, 3.63) is 52.4 Å². The zero-order valence-corrected chi connectivity index (χ0v) is 18.6. The molecule has 1 amide bonds. The van der Waals surface area contributed by atoms with Gasteiger partial charge in [0, 0.05) is 25.8 Å². The summed E-state index contributed by atoms with van der Waals surface area (Å²) in [5, 5.41) is 3.68. The van der Waals surface area contributed by atoms with E-state index in [-0.39, 0.29) is 24.5 Å². The Hall–Kier alpha value is -2.91. The largest absolute Gasteiger partial charge is 0.465 e. The number of Topliss-reactive ketones (excluding diaryl/α,β-unsaturated/α-hetero) is 1. The number of amides is 1. The Balaban J connectivity index is 1.62. The summed E-state index contributed by atoms with van der Waals surface area (Å²) in [5.41, 5.74) is 1.27. The molecular weight excluding hydrogens is 420 g/mol. The van der Waals surface area contributed by atoms with Crippen LogP contribution in [0.15, 0.2) is 36.4 Å². The zero-order valence-electron chi connectivity index (χ0n) is 17.8. The fourth-order valence-electron chi connectivity index (χ4n) is 3.48. The number of nitrogens with zero attached hydrogens (tertiary/aromatic N) is 1. The molecular formula is C22H26N2O6S. The third kappa shape index (κ3) is 5.62. The SMILES string of the molecule is COC(=O)c1sc(N2CCC(NC(=O)OCc3ccccc3)C(OC)C2)cc1C(C)=O. The predicted octanol–water partition coefficient (Wildman–Crippen LogP) is 3.26. The lowest BCUT2D eigenvalue weighted by atomic mass is 10.0. The van der Waals surface area contributed by atoms with E-state index >= 15 is 0 Å². The number of rotatable bonds is 7. The summed E-state index contributed by atoms with van der Waals surface area (Å²) in [7, 11) is 2.88. The van der Waals surface area contributed by atoms with E-state index in [1.54, 1.807) is 13.2 Å². The molecule has 1 aromatic heterocycles. The number of ether oxygens (including phenoxy) is 3. The standard InChI is InChI=1S/C22H26N2O6S/c1-14(25)16-11-19(31-20(16)21(26)29-3)24-10-9-17(18(12-24)28-2)23-22(27)30-13-15-7-5-4-6-8-15/h4-8,11,17-18H,9-10,12-13H2,1-3H3,(H,23,27). The van der Waals surface area contributed by atoms with E-state index in [4.69, 9.17) is 14.2 Å². The second kappa shape index (κ2) is 10.4. The van der Waals surface area contributed by atoms with Gasteiger partial charge in [-0.05, 0) is 25.0 Å². The molecule has 9 heteroatoms. The van der Waals surface area contributed by atoms with Gasteiger partial charge >= 0.3 is 12.1 Å². The number of alkyl carbamates (subject to hydrolysis) is 1. The molecule has 8 nitrogen and oxygen atoms in total. The third-order valence-corrected chi connectivity index (χ3v) is 6.33. The van der Waals surface area contributed by atoms with Gasteiger partial charge in [0.25, 0.3) is 0 Å². The molecule has 0 spiro atoms. The van der Waals surface area contributed by atoms with Crippen molar-refractivity contribution in [3.63, 3.8) is 0 Å². The normalized spacial score (nSPS) is 18.4. The van der Waals surface area contributed by atoms with E-state index in [2.05, 4.69) is 5.32 Å². The van der Waals surface area contributed by atoms with Gasteiger partial charge in [-0.15, -0.1) is 11.3 Å². The van der Waals surface area contributed by atoms with Gasteiger partial charge in [-0.3, -0.25) is 4.79 Å². The van der Waals surface area contributed by atoms with Gasteiger partial charge in [-0.1, -0.05) is 30.3 Å². The maximum atomic E-state index is 12.2. The summed E-state index contributed by atoms with van der Waals surface area (Å²) in [6.07, 6.45) is -0.144. The van der Waals surface area contributed by atoms with Gasteiger partial charge in [0.1, 0.15) is 11.5 Å². The molecule has 0 bridgehead atoms. The first-order valence-corrected chi connectivity index (χ1v) is 10.7. The molecule has 1 aromatic carbocycles. The fourth-order valence-corrected chi connectivity index (χ4v) is 4.64. The maximum Gasteiger partial charge on any atom is 0.407 e. The maximum absolute atomic E-state index is 12.2. The molecule has 0 saturated carbocycles. The second-order valence-electron chi connectivity index (χ2n) is 7.20. The molecule has 2 unspecified atom stereocenters. The van der Waals surface area contributed by atoms with Crippen molar-refractivity contribution in [2.75, 3.05) is 32.2 Å². The second-order valence-corrected chi connectivity index (χ2v) is 8.23. The van der Waals surface area contributed by atoms with Gasteiger partial charge in [0.2, 0.25) is 0 Å². The lowest BCUT2D eigenvalue weighted by Gasteiger charge is -2.38. The minimum absolute atomic E-state index is 0.191. The highest BCUT2D eigenvalue weighted by Crippen LogP contribution is 2.33. The molecule has 31 heavy (non-hydrogen) atoms. The van der Waals surface area contributed by atoms with Crippen LogP contribution in [0.3, 0.4) is 0 Å². The smallest absolute Gasteiger partial charge is 0.407 e. The molecule has 3 rings (SSSR count).